The fraction of sp³-hybridized carbons (Fsp3) is 0.500. The van der Waals surface area contributed by atoms with Gasteiger partial charge in [0.15, 0.2) is 0 Å². The van der Waals surface area contributed by atoms with Gasteiger partial charge < -0.3 is 19.7 Å². The van der Waals surface area contributed by atoms with Crippen molar-refractivity contribution in [3.05, 3.63) is 23.8 Å². The van der Waals surface area contributed by atoms with E-state index in [1.54, 1.807) is 26.4 Å². The van der Waals surface area contributed by atoms with Crippen molar-refractivity contribution >= 4 is 18.3 Å². The summed E-state index contributed by atoms with van der Waals surface area (Å²) in [5.41, 5.74) is 0.509. The second kappa shape index (κ2) is 7.97. The average molecular weight is 301 g/mol. The Bertz CT molecular complexity index is 424. The van der Waals surface area contributed by atoms with Crippen molar-refractivity contribution in [3.63, 3.8) is 0 Å². The van der Waals surface area contributed by atoms with Gasteiger partial charge in [-0.15, -0.1) is 12.4 Å². The molecule has 0 atom stereocenters. The summed E-state index contributed by atoms with van der Waals surface area (Å²) in [5.74, 6) is 1.08. The van der Waals surface area contributed by atoms with Crippen LogP contribution in [0.4, 0.5) is 0 Å². The van der Waals surface area contributed by atoms with Gasteiger partial charge >= 0.3 is 0 Å². The molecule has 0 bridgehead atoms. The van der Waals surface area contributed by atoms with Gasteiger partial charge in [-0.1, -0.05) is 6.07 Å². The lowest BCUT2D eigenvalue weighted by Gasteiger charge is -2.22. The molecule has 1 fully saturated rings. The summed E-state index contributed by atoms with van der Waals surface area (Å²) in [5, 5.41) is 3.28. The van der Waals surface area contributed by atoms with E-state index in [9.17, 15) is 4.79 Å². The molecule has 112 valence electrons. The highest BCUT2D eigenvalue weighted by atomic mass is 35.5. The van der Waals surface area contributed by atoms with E-state index in [-0.39, 0.29) is 18.3 Å². The summed E-state index contributed by atoms with van der Waals surface area (Å²) >= 11 is 0. The molecule has 1 aromatic carbocycles. The highest BCUT2D eigenvalue weighted by Crippen LogP contribution is 2.29. The van der Waals surface area contributed by atoms with Crippen molar-refractivity contribution in [1.82, 2.24) is 10.2 Å². The van der Waals surface area contributed by atoms with Crippen molar-refractivity contribution in [1.29, 1.82) is 0 Å². The lowest BCUT2D eigenvalue weighted by Crippen LogP contribution is -2.34. The highest BCUT2D eigenvalue weighted by molar-refractivity contribution is 5.99. The molecule has 5 nitrogen and oxygen atoms in total. The summed E-state index contributed by atoms with van der Waals surface area (Å²) in [6.45, 7) is 3.24. The van der Waals surface area contributed by atoms with E-state index in [4.69, 9.17) is 9.47 Å². The van der Waals surface area contributed by atoms with Crippen molar-refractivity contribution in [2.45, 2.75) is 6.42 Å². The van der Waals surface area contributed by atoms with Crippen LogP contribution in [0, 0.1) is 0 Å². The quantitative estimate of drug-likeness (QED) is 0.920. The van der Waals surface area contributed by atoms with Crippen LogP contribution >= 0.6 is 12.4 Å². The molecular formula is C14H21ClN2O3. The van der Waals surface area contributed by atoms with Gasteiger partial charge in [0.25, 0.3) is 5.91 Å². The molecule has 0 aromatic heterocycles. The number of rotatable bonds is 3. The molecule has 1 amide bonds. The Labute approximate surface area is 125 Å². The van der Waals surface area contributed by atoms with Gasteiger partial charge in [-0.2, -0.15) is 0 Å². The normalized spacial score (nSPS) is 15.0. The number of benzene rings is 1. The first-order valence-electron chi connectivity index (χ1n) is 6.49. The number of halogens is 1. The fourth-order valence-corrected chi connectivity index (χ4v) is 2.27. The zero-order valence-electron chi connectivity index (χ0n) is 11.8. The molecule has 2 rings (SSSR count). The first kappa shape index (κ1) is 16.6. The lowest BCUT2D eigenvalue weighted by molar-refractivity contribution is 0.0759. The van der Waals surface area contributed by atoms with Crippen LogP contribution in [0.3, 0.4) is 0 Å². The van der Waals surface area contributed by atoms with Gasteiger partial charge in [-0.25, -0.2) is 0 Å². The van der Waals surface area contributed by atoms with Crippen molar-refractivity contribution in [2.24, 2.45) is 0 Å². The van der Waals surface area contributed by atoms with E-state index in [1.807, 2.05) is 11.0 Å². The molecule has 1 aliphatic rings. The van der Waals surface area contributed by atoms with E-state index < -0.39 is 0 Å². The predicted octanol–water partition coefficient (Wildman–Crippen LogP) is 1.56. The number of ether oxygens (including phenoxy) is 2. The van der Waals surface area contributed by atoms with Gasteiger partial charge in [0, 0.05) is 19.6 Å². The fourth-order valence-electron chi connectivity index (χ4n) is 2.27. The van der Waals surface area contributed by atoms with E-state index in [0.717, 1.165) is 26.1 Å². The minimum atomic E-state index is -0.0296. The third-order valence-corrected chi connectivity index (χ3v) is 3.27. The van der Waals surface area contributed by atoms with Crippen LogP contribution in [-0.4, -0.2) is 51.2 Å². The van der Waals surface area contributed by atoms with Gasteiger partial charge in [0.1, 0.15) is 17.1 Å². The third kappa shape index (κ3) is 3.55. The molecule has 0 saturated carbocycles. The first-order valence-corrected chi connectivity index (χ1v) is 6.49. The van der Waals surface area contributed by atoms with Gasteiger partial charge in [-0.05, 0) is 25.1 Å². The number of methoxy groups -OCH3 is 2. The highest BCUT2D eigenvalue weighted by Gasteiger charge is 2.24. The molecule has 6 heteroatoms. The molecule has 1 heterocycles. The van der Waals surface area contributed by atoms with Crippen LogP contribution in [-0.2, 0) is 0 Å². The Morgan fingerprint density at radius 1 is 1.15 bits per heavy atom. The Balaban J connectivity index is 0.00000200. The number of carbonyl (C=O) groups is 1. The number of nitrogens with one attached hydrogen (secondary N) is 1. The molecule has 0 aliphatic carbocycles. The zero-order valence-corrected chi connectivity index (χ0v) is 12.7. The zero-order chi connectivity index (χ0) is 13.7. The summed E-state index contributed by atoms with van der Waals surface area (Å²) in [7, 11) is 3.13. The molecule has 1 aliphatic heterocycles. The van der Waals surface area contributed by atoms with Gasteiger partial charge in [0.05, 0.1) is 14.2 Å². The second-order valence-electron chi connectivity index (χ2n) is 4.43. The number of hydrogen-bond acceptors (Lipinski definition) is 4. The molecule has 1 saturated heterocycles. The SMILES string of the molecule is COc1cccc(OC)c1C(=O)N1CCCNCC1.Cl. The summed E-state index contributed by atoms with van der Waals surface area (Å²) in [6.07, 6.45) is 0.962. The lowest BCUT2D eigenvalue weighted by atomic mass is 10.1. The molecular weight excluding hydrogens is 280 g/mol. The Kier molecular flexibility index (Phi) is 6.61. The van der Waals surface area contributed by atoms with Crippen molar-refractivity contribution < 1.29 is 14.3 Å². The maximum Gasteiger partial charge on any atom is 0.261 e. The third-order valence-electron chi connectivity index (χ3n) is 3.27. The predicted molar refractivity (Wildman–Crippen MR) is 80.2 cm³/mol. The van der Waals surface area contributed by atoms with Crippen LogP contribution in [0.5, 0.6) is 11.5 Å². The van der Waals surface area contributed by atoms with Gasteiger partial charge in [-0.3, -0.25) is 4.79 Å². The first-order chi connectivity index (χ1) is 9.27. The van der Waals surface area contributed by atoms with Crippen molar-refractivity contribution in [3.8, 4) is 11.5 Å². The number of amides is 1. The average Bonchev–Trinajstić information content (AvgIpc) is 2.74. The summed E-state index contributed by atoms with van der Waals surface area (Å²) in [4.78, 5) is 14.5. The molecule has 0 unspecified atom stereocenters. The van der Waals surface area contributed by atoms with E-state index in [0.29, 0.717) is 23.6 Å². The Hall–Kier alpha value is -1.46. The van der Waals surface area contributed by atoms with Crippen LogP contribution in [0.15, 0.2) is 18.2 Å². The maximum absolute atomic E-state index is 12.7. The van der Waals surface area contributed by atoms with Crippen LogP contribution in [0.2, 0.25) is 0 Å². The monoisotopic (exact) mass is 300 g/mol. The van der Waals surface area contributed by atoms with E-state index in [2.05, 4.69) is 5.32 Å². The van der Waals surface area contributed by atoms with Gasteiger partial charge in [0.2, 0.25) is 0 Å². The molecule has 1 N–H and O–H groups in total. The Morgan fingerprint density at radius 3 is 2.40 bits per heavy atom. The second-order valence-corrected chi connectivity index (χ2v) is 4.43. The largest absolute Gasteiger partial charge is 0.496 e. The number of carbonyl (C=O) groups excluding carboxylic acids is 1. The minimum Gasteiger partial charge on any atom is -0.496 e. The topological polar surface area (TPSA) is 50.8 Å². The Morgan fingerprint density at radius 2 is 1.80 bits per heavy atom. The molecule has 0 spiro atoms. The van der Waals surface area contributed by atoms with Crippen LogP contribution in [0.25, 0.3) is 0 Å². The standard InChI is InChI=1S/C14H20N2O3.ClH/c1-18-11-5-3-6-12(19-2)13(11)14(17)16-9-4-7-15-8-10-16;/h3,5-6,15H,4,7-10H2,1-2H3;1H. The molecule has 1 aromatic rings. The molecule has 20 heavy (non-hydrogen) atoms. The van der Waals surface area contributed by atoms with Crippen LogP contribution in [0.1, 0.15) is 16.8 Å². The van der Waals surface area contributed by atoms with E-state index in [1.165, 1.54) is 0 Å². The van der Waals surface area contributed by atoms with E-state index >= 15 is 0 Å². The minimum absolute atomic E-state index is 0. The maximum atomic E-state index is 12.7. The smallest absolute Gasteiger partial charge is 0.261 e. The van der Waals surface area contributed by atoms with Crippen LogP contribution < -0.4 is 14.8 Å². The molecule has 0 radical (unpaired) electrons. The number of hydrogen-bond donors (Lipinski definition) is 1. The van der Waals surface area contributed by atoms with Crippen molar-refractivity contribution in [2.75, 3.05) is 40.4 Å². The summed E-state index contributed by atoms with van der Waals surface area (Å²) in [6, 6.07) is 5.38. The number of nitrogens with zero attached hydrogens (tertiary/aromatic N) is 1. The summed E-state index contributed by atoms with van der Waals surface area (Å²) < 4.78 is 10.6.